The summed E-state index contributed by atoms with van der Waals surface area (Å²) in [7, 11) is 0. The molecular formula is C88H67BN6O. The second kappa shape index (κ2) is 23.5. The zero-order valence-electron chi connectivity index (χ0n) is 54.5. The molecule has 0 atom stereocenters. The molecule has 0 fully saturated rings. The minimum absolute atomic E-state index is 0.174. The molecule has 1 aromatic heterocycles. The van der Waals surface area contributed by atoms with Crippen molar-refractivity contribution in [1.29, 1.82) is 10.5 Å². The molecular weight excluding hydrogens is 1170 g/mol. The molecule has 0 radical (unpaired) electrons. The van der Waals surface area contributed by atoms with E-state index >= 15 is 0 Å². The second-order valence-electron chi connectivity index (χ2n) is 27.1. The van der Waals surface area contributed by atoms with Crippen LogP contribution in [-0.2, 0) is 10.8 Å². The number of hydrogen-bond donors (Lipinski definition) is 0. The van der Waals surface area contributed by atoms with Crippen molar-refractivity contribution in [3.63, 3.8) is 0 Å². The lowest BCUT2D eigenvalue weighted by Crippen LogP contribution is -2.61. The summed E-state index contributed by atoms with van der Waals surface area (Å²) in [4.78, 5) is 9.74. The van der Waals surface area contributed by atoms with Crippen molar-refractivity contribution >= 4 is 113 Å². The highest BCUT2D eigenvalue weighted by Gasteiger charge is 2.47. The third kappa shape index (κ3) is 10.1. The maximum atomic E-state index is 10.2. The number of para-hydroxylation sites is 5. The lowest BCUT2D eigenvalue weighted by Gasteiger charge is -2.45. The maximum absolute atomic E-state index is 10.2. The lowest BCUT2D eigenvalue weighted by molar-refractivity contribution is 0.569. The van der Waals surface area contributed by atoms with Crippen LogP contribution in [0.4, 0.5) is 68.2 Å². The van der Waals surface area contributed by atoms with E-state index in [0.717, 1.165) is 140 Å². The van der Waals surface area contributed by atoms with Gasteiger partial charge in [-0.3, -0.25) is 0 Å². The fourth-order valence-corrected chi connectivity index (χ4v) is 14.4. The first-order valence-corrected chi connectivity index (χ1v) is 32.9. The molecule has 8 heteroatoms. The molecule has 0 saturated heterocycles. The molecule has 0 unspecified atom stereocenters. The quantitative estimate of drug-likeness (QED) is 0.119. The molecule has 0 bridgehead atoms. The van der Waals surface area contributed by atoms with Crippen molar-refractivity contribution in [2.75, 3.05) is 19.6 Å². The lowest BCUT2D eigenvalue weighted by atomic mass is 9.33. The summed E-state index contributed by atoms with van der Waals surface area (Å²) in [6, 6.07) is 111. The number of rotatable bonds is 11. The summed E-state index contributed by atoms with van der Waals surface area (Å²) in [5.74, 6) is 0. The minimum atomic E-state index is -0.424. The van der Waals surface area contributed by atoms with Crippen LogP contribution < -0.4 is 36.0 Å². The van der Waals surface area contributed by atoms with Crippen molar-refractivity contribution in [3.05, 3.63) is 320 Å². The predicted octanol–water partition coefficient (Wildman–Crippen LogP) is 21.9. The Balaban J connectivity index is 1.10. The fourth-order valence-electron chi connectivity index (χ4n) is 14.4. The average Bonchev–Trinajstić information content (AvgIpc) is 1.26. The molecule has 0 amide bonds. The summed E-state index contributed by atoms with van der Waals surface area (Å²) >= 11 is 0. The van der Waals surface area contributed by atoms with E-state index in [1.165, 1.54) is 11.1 Å². The van der Waals surface area contributed by atoms with Gasteiger partial charge < -0.3 is 24.0 Å². The van der Waals surface area contributed by atoms with Gasteiger partial charge in [0.25, 0.3) is 6.71 Å². The zero-order chi connectivity index (χ0) is 65.4. The van der Waals surface area contributed by atoms with E-state index in [-0.39, 0.29) is 10.8 Å². The molecule has 13 aromatic carbocycles. The first kappa shape index (κ1) is 59.0. The first-order chi connectivity index (χ1) is 46.8. The highest BCUT2D eigenvalue weighted by Crippen LogP contribution is 2.54. The van der Waals surface area contributed by atoms with Crippen LogP contribution in [0.5, 0.6) is 0 Å². The Morgan fingerprint density at radius 2 is 0.781 bits per heavy atom. The van der Waals surface area contributed by atoms with Crippen molar-refractivity contribution in [2.24, 2.45) is 0 Å². The standard InChI is InChI=1S/C88H67BN6O/c1-87(2,3)64-49-62(50-65(53-64)88(4,5)6)63-51-79-84-80(52-63)95(76-37-23-20-34-72(76)61-27-13-8-14-28-61)81-55-78(93(67-31-17-10-18-32-67)69-45-41-59(57-91)42-46-69)83-73-35-21-24-38-82(73)96-86(83)85(81)89(84)74-48-47-70(92(66-29-15-9-16-30-66)68-43-39-58(56-90)40-44-68)54-77(74)94(79)75-36-22-19-33-71(75)60-25-11-7-12-26-60/h7-55H,1-6H3. The topological polar surface area (TPSA) is 73.7 Å². The fraction of sp³-hybridized carbons (Fsp3) is 0.0909. The Bertz CT molecular complexity index is 5360. The van der Waals surface area contributed by atoms with Gasteiger partial charge >= 0.3 is 0 Å². The van der Waals surface area contributed by atoms with Gasteiger partial charge in [-0.15, -0.1) is 0 Å². The number of nitrogens with zero attached hydrogens (tertiary/aromatic N) is 6. The summed E-state index contributed by atoms with van der Waals surface area (Å²) < 4.78 is 7.70. The Labute approximate surface area is 562 Å². The van der Waals surface area contributed by atoms with Crippen molar-refractivity contribution in [3.8, 4) is 45.5 Å². The first-order valence-electron chi connectivity index (χ1n) is 32.9. The van der Waals surface area contributed by atoms with E-state index in [0.29, 0.717) is 11.1 Å². The van der Waals surface area contributed by atoms with Gasteiger partial charge in [0.2, 0.25) is 0 Å². The molecule has 2 aliphatic heterocycles. The highest BCUT2D eigenvalue weighted by molar-refractivity contribution is 7.01. The molecule has 7 nitrogen and oxygen atoms in total. The third-order valence-corrected chi connectivity index (χ3v) is 19.1. The zero-order valence-corrected chi connectivity index (χ0v) is 54.5. The van der Waals surface area contributed by atoms with Crippen molar-refractivity contribution in [1.82, 2.24) is 0 Å². The van der Waals surface area contributed by atoms with E-state index in [1.54, 1.807) is 0 Å². The largest absolute Gasteiger partial charge is 0.456 e. The van der Waals surface area contributed by atoms with Gasteiger partial charge in [0.1, 0.15) is 11.2 Å². The van der Waals surface area contributed by atoms with Crippen LogP contribution in [0.15, 0.2) is 302 Å². The summed E-state index contributed by atoms with van der Waals surface area (Å²) in [6.45, 7) is 13.5. The third-order valence-electron chi connectivity index (χ3n) is 19.1. The Kier molecular flexibility index (Phi) is 14.4. The van der Waals surface area contributed by atoms with Crippen molar-refractivity contribution < 1.29 is 4.42 Å². The van der Waals surface area contributed by atoms with Crippen molar-refractivity contribution in [2.45, 2.75) is 52.4 Å². The molecule has 16 rings (SSSR count). The van der Waals surface area contributed by atoms with Gasteiger partial charge in [-0.2, -0.15) is 10.5 Å². The molecule has 14 aromatic rings. The van der Waals surface area contributed by atoms with Gasteiger partial charge in [-0.25, -0.2) is 0 Å². The molecule has 458 valence electrons. The second-order valence-corrected chi connectivity index (χ2v) is 27.1. The van der Waals surface area contributed by atoms with Gasteiger partial charge in [0.15, 0.2) is 0 Å². The highest BCUT2D eigenvalue weighted by atomic mass is 16.3. The monoisotopic (exact) mass is 1230 g/mol. The average molecular weight is 1240 g/mol. The number of benzene rings is 13. The Morgan fingerprint density at radius 1 is 0.354 bits per heavy atom. The maximum Gasteiger partial charge on any atom is 0.257 e. The van der Waals surface area contributed by atoms with Crippen LogP contribution in [0, 0.1) is 22.7 Å². The van der Waals surface area contributed by atoms with Crippen LogP contribution in [0.3, 0.4) is 0 Å². The number of nitriles is 2. The minimum Gasteiger partial charge on any atom is -0.456 e. The molecule has 0 spiro atoms. The van der Waals surface area contributed by atoms with Crippen LogP contribution >= 0.6 is 0 Å². The Morgan fingerprint density at radius 3 is 1.31 bits per heavy atom. The van der Waals surface area contributed by atoms with Gasteiger partial charge in [0, 0.05) is 67.7 Å². The van der Waals surface area contributed by atoms with Crippen LogP contribution in [0.25, 0.3) is 55.3 Å². The van der Waals surface area contributed by atoms with Crippen LogP contribution in [-0.4, -0.2) is 6.71 Å². The van der Waals surface area contributed by atoms with Crippen LogP contribution in [0.2, 0.25) is 0 Å². The number of furan rings is 1. The van der Waals surface area contributed by atoms with Crippen LogP contribution in [0.1, 0.15) is 63.8 Å². The molecule has 0 saturated carbocycles. The SMILES string of the molecule is CC(C)(C)c1cc(-c2cc3c4c(c2)N(c2ccccc2-c2ccccc2)c2cc(N(c5ccccc5)c5ccc(C#N)cc5)c5c(oc6ccccc65)c2B4c2ccc(N(c4ccccc4)c4ccc(C#N)cc4)cc2N3c2ccccc2-c2ccccc2)cc(C(C)(C)C)c1. The van der Waals surface area contributed by atoms with E-state index in [2.05, 4.69) is 334 Å². The van der Waals surface area contributed by atoms with Gasteiger partial charge in [0.05, 0.1) is 45.7 Å². The molecule has 2 aliphatic rings. The molecule has 0 aliphatic carbocycles. The molecule has 0 N–H and O–H groups in total. The van der Waals surface area contributed by atoms with Gasteiger partial charge in [-0.1, -0.05) is 217 Å². The number of anilines is 12. The van der Waals surface area contributed by atoms with E-state index in [1.807, 2.05) is 36.4 Å². The van der Waals surface area contributed by atoms with Gasteiger partial charge in [-0.05, 0) is 182 Å². The summed E-state index contributed by atoms with van der Waals surface area (Å²) in [5, 5.41) is 22.3. The smallest absolute Gasteiger partial charge is 0.257 e. The predicted molar refractivity (Wildman–Crippen MR) is 400 cm³/mol. The number of hydrogen-bond acceptors (Lipinski definition) is 7. The normalized spacial score (nSPS) is 12.4. The van der Waals surface area contributed by atoms with E-state index in [9.17, 15) is 10.5 Å². The van der Waals surface area contributed by atoms with E-state index < -0.39 is 6.71 Å². The summed E-state index contributed by atoms with van der Waals surface area (Å²) in [5.41, 5.74) is 26.4. The Hall–Kier alpha value is -12.1. The molecule has 3 heterocycles. The molecule has 96 heavy (non-hydrogen) atoms. The summed E-state index contributed by atoms with van der Waals surface area (Å²) in [6.07, 6.45) is 0. The number of fused-ring (bicyclic) bond motifs is 8. The van der Waals surface area contributed by atoms with E-state index in [4.69, 9.17) is 4.42 Å².